The molecule has 172 valence electrons. The first-order chi connectivity index (χ1) is 14.6. The van der Waals surface area contributed by atoms with E-state index in [0.29, 0.717) is 30.4 Å². The highest BCUT2D eigenvalue weighted by Gasteiger charge is 2.08. The van der Waals surface area contributed by atoms with Gasteiger partial charge >= 0.3 is 0 Å². The van der Waals surface area contributed by atoms with Crippen molar-refractivity contribution in [2.45, 2.75) is 33.2 Å². The number of phenolic OH excluding ortho intramolecular Hbond substituents is 1. The van der Waals surface area contributed by atoms with Gasteiger partial charge in [-0.3, -0.25) is 0 Å². The topological polar surface area (TPSA) is 84.3 Å². The van der Waals surface area contributed by atoms with Crippen molar-refractivity contribution in [1.29, 1.82) is 0 Å². The number of nitrogens with one attached hydrogen (secondary N) is 2. The summed E-state index contributed by atoms with van der Waals surface area (Å²) in [5.74, 6) is 2.82. The van der Waals surface area contributed by atoms with Crippen molar-refractivity contribution >= 4 is 29.9 Å². The lowest BCUT2D eigenvalue weighted by molar-refractivity contribution is 0.310. The summed E-state index contributed by atoms with van der Waals surface area (Å²) in [5, 5.41) is 16.8. The molecule has 0 aliphatic rings. The van der Waals surface area contributed by atoms with Crippen molar-refractivity contribution in [3.8, 4) is 23.0 Å². The number of aryl methyl sites for hydroxylation is 1. The predicted octanol–water partition coefficient (Wildman–Crippen LogP) is 4.11. The van der Waals surface area contributed by atoms with Gasteiger partial charge in [0.1, 0.15) is 0 Å². The molecular weight excluding hydrogens is 509 g/mol. The Hall–Kier alpha value is -2.36. The number of nitrogens with zero attached hydrogens (tertiary/aromatic N) is 1. The van der Waals surface area contributed by atoms with E-state index >= 15 is 0 Å². The van der Waals surface area contributed by atoms with Crippen LogP contribution in [0.15, 0.2) is 41.4 Å². The molecule has 2 rings (SSSR count). The van der Waals surface area contributed by atoms with Gasteiger partial charge in [-0.2, -0.15) is 0 Å². The minimum absolute atomic E-state index is 0. The highest BCUT2D eigenvalue weighted by molar-refractivity contribution is 14.0. The number of phenols is 1. The zero-order valence-electron chi connectivity index (χ0n) is 18.7. The number of para-hydroxylation sites is 1. The molecule has 0 saturated heterocycles. The molecule has 0 spiro atoms. The minimum atomic E-state index is 0. The third kappa shape index (κ3) is 8.35. The molecule has 2 aromatic carbocycles. The van der Waals surface area contributed by atoms with Gasteiger partial charge in [-0.1, -0.05) is 18.2 Å². The molecular formula is C23H34IN3O4. The third-order valence-electron chi connectivity index (χ3n) is 4.52. The van der Waals surface area contributed by atoms with Crippen molar-refractivity contribution in [1.82, 2.24) is 10.6 Å². The maximum atomic E-state index is 10.2. The fraction of sp³-hybridized carbons (Fsp3) is 0.435. The Morgan fingerprint density at radius 2 is 1.77 bits per heavy atom. The van der Waals surface area contributed by atoms with Gasteiger partial charge in [0.25, 0.3) is 0 Å². The van der Waals surface area contributed by atoms with Crippen molar-refractivity contribution in [3.05, 3.63) is 47.5 Å². The summed E-state index contributed by atoms with van der Waals surface area (Å²) in [6, 6.07) is 11.4. The van der Waals surface area contributed by atoms with Crippen LogP contribution in [0.5, 0.6) is 23.0 Å². The van der Waals surface area contributed by atoms with Crippen LogP contribution < -0.4 is 24.8 Å². The molecule has 31 heavy (non-hydrogen) atoms. The standard InChI is InChI=1S/C23H33N3O4.HI/c1-5-24-23(26-16-18-10-7-11-20(29-4)22(18)27)25-14-8-9-17-12-13-19(28-3)21(15-17)30-6-2;/h7,10-13,15,27H,5-6,8-9,14,16H2,1-4H3,(H2,24,25,26);1H. The molecule has 0 atom stereocenters. The molecule has 0 radical (unpaired) electrons. The van der Waals surface area contributed by atoms with Crippen LogP contribution in [0, 0.1) is 0 Å². The number of aliphatic imine (C=N–C) groups is 1. The van der Waals surface area contributed by atoms with E-state index < -0.39 is 0 Å². The second-order valence-electron chi connectivity index (χ2n) is 6.61. The first kappa shape index (κ1) is 26.7. The zero-order valence-corrected chi connectivity index (χ0v) is 21.1. The molecule has 0 amide bonds. The zero-order chi connectivity index (χ0) is 21.8. The van der Waals surface area contributed by atoms with E-state index in [2.05, 4.69) is 21.7 Å². The van der Waals surface area contributed by atoms with Crippen molar-refractivity contribution in [3.63, 3.8) is 0 Å². The maximum Gasteiger partial charge on any atom is 0.191 e. The number of halogens is 1. The lowest BCUT2D eigenvalue weighted by Crippen LogP contribution is -2.37. The van der Waals surface area contributed by atoms with Crippen LogP contribution in [0.1, 0.15) is 31.4 Å². The molecule has 0 fully saturated rings. The molecule has 0 aliphatic heterocycles. The molecule has 0 aliphatic carbocycles. The smallest absolute Gasteiger partial charge is 0.191 e. The number of aromatic hydroxyl groups is 1. The summed E-state index contributed by atoms with van der Waals surface area (Å²) >= 11 is 0. The Kier molecular flexibility index (Phi) is 12.6. The molecule has 0 bridgehead atoms. The summed E-state index contributed by atoms with van der Waals surface area (Å²) in [5.41, 5.74) is 1.91. The number of methoxy groups -OCH3 is 2. The SMILES string of the molecule is CCNC(=NCc1cccc(OC)c1O)NCCCc1ccc(OC)c(OCC)c1.I. The van der Waals surface area contributed by atoms with E-state index in [1.807, 2.05) is 38.1 Å². The molecule has 0 heterocycles. The number of ether oxygens (including phenoxy) is 3. The van der Waals surface area contributed by atoms with Gasteiger partial charge in [-0.25, -0.2) is 4.99 Å². The first-order valence-electron chi connectivity index (χ1n) is 10.3. The third-order valence-corrected chi connectivity index (χ3v) is 4.52. The summed E-state index contributed by atoms with van der Waals surface area (Å²) in [4.78, 5) is 4.57. The fourth-order valence-electron chi connectivity index (χ4n) is 3.01. The fourth-order valence-corrected chi connectivity index (χ4v) is 3.01. The highest BCUT2D eigenvalue weighted by Crippen LogP contribution is 2.30. The molecule has 0 aromatic heterocycles. The first-order valence-corrected chi connectivity index (χ1v) is 10.3. The second-order valence-corrected chi connectivity index (χ2v) is 6.61. The number of hydrogen-bond donors (Lipinski definition) is 3. The highest BCUT2D eigenvalue weighted by atomic mass is 127. The van der Waals surface area contributed by atoms with E-state index in [4.69, 9.17) is 14.2 Å². The van der Waals surface area contributed by atoms with E-state index in [1.54, 1.807) is 13.2 Å². The van der Waals surface area contributed by atoms with E-state index in [0.717, 1.165) is 37.4 Å². The molecule has 0 unspecified atom stereocenters. The van der Waals surface area contributed by atoms with Crippen LogP contribution in [-0.4, -0.2) is 45.0 Å². The van der Waals surface area contributed by atoms with Gasteiger partial charge in [-0.15, -0.1) is 24.0 Å². The average molecular weight is 543 g/mol. The molecule has 3 N–H and O–H groups in total. The summed E-state index contributed by atoms with van der Waals surface area (Å²) < 4.78 is 16.1. The largest absolute Gasteiger partial charge is 0.504 e. The van der Waals surface area contributed by atoms with Crippen LogP contribution in [-0.2, 0) is 13.0 Å². The van der Waals surface area contributed by atoms with E-state index in [9.17, 15) is 5.11 Å². The van der Waals surface area contributed by atoms with Crippen LogP contribution in [0.25, 0.3) is 0 Å². The normalized spacial score (nSPS) is 10.8. The van der Waals surface area contributed by atoms with Crippen molar-refractivity contribution < 1.29 is 19.3 Å². The average Bonchev–Trinajstić information content (AvgIpc) is 2.76. The Balaban J connectivity index is 0.00000480. The summed E-state index contributed by atoms with van der Waals surface area (Å²) in [7, 11) is 3.18. The van der Waals surface area contributed by atoms with Crippen LogP contribution in [0.4, 0.5) is 0 Å². The Morgan fingerprint density at radius 1 is 1.00 bits per heavy atom. The number of rotatable bonds is 11. The lowest BCUT2D eigenvalue weighted by atomic mass is 10.1. The van der Waals surface area contributed by atoms with Crippen LogP contribution in [0.3, 0.4) is 0 Å². The van der Waals surface area contributed by atoms with Gasteiger partial charge in [0.15, 0.2) is 29.0 Å². The lowest BCUT2D eigenvalue weighted by Gasteiger charge is -2.13. The monoisotopic (exact) mass is 543 g/mol. The molecule has 2 aromatic rings. The molecule has 8 heteroatoms. The van der Waals surface area contributed by atoms with Gasteiger partial charge in [0, 0.05) is 18.7 Å². The quantitative estimate of drug-likeness (QED) is 0.171. The summed E-state index contributed by atoms with van der Waals surface area (Å²) in [6.45, 7) is 6.47. The minimum Gasteiger partial charge on any atom is -0.504 e. The number of guanidine groups is 1. The second kappa shape index (κ2) is 14.6. The van der Waals surface area contributed by atoms with E-state index in [1.165, 1.54) is 12.7 Å². The Labute approximate surface area is 202 Å². The van der Waals surface area contributed by atoms with E-state index in [-0.39, 0.29) is 29.7 Å². The molecule has 7 nitrogen and oxygen atoms in total. The Bertz CT molecular complexity index is 830. The predicted molar refractivity (Wildman–Crippen MR) is 135 cm³/mol. The van der Waals surface area contributed by atoms with Gasteiger partial charge < -0.3 is 30.0 Å². The number of benzene rings is 2. The van der Waals surface area contributed by atoms with Crippen molar-refractivity contribution in [2.24, 2.45) is 4.99 Å². The van der Waals surface area contributed by atoms with Crippen LogP contribution >= 0.6 is 24.0 Å². The maximum absolute atomic E-state index is 10.2. The number of hydrogen-bond acceptors (Lipinski definition) is 5. The van der Waals surface area contributed by atoms with Gasteiger partial charge in [0.05, 0.1) is 27.4 Å². The van der Waals surface area contributed by atoms with Gasteiger partial charge in [-0.05, 0) is 50.5 Å². The van der Waals surface area contributed by atoms with Crippen molar-refractivity contribution in [2.75, 3.05) is 33.9 Å². The summed E-state index contributed by atoms with van der Waals surface area (Å²) in [6.07, 6.45) is 1.85. The van der Waals surface area contributed by atoms with Crippen LogP contribution in [0.2, 0.25) is 0 Å². The van der Waals surface area contributed by atoms with Gasteiger partial charge in [0.2, 0.25) is 0 Å². The molecule has 0 saturated carbocycles. The Morgan fingerprint density at radius 3 is 2.45 bits per heavy atom.